The molecule has 2 N–H and O–H groups in total. The van der Waals surface area contributed by atoms with Crippen LogP contribution in [0.2, 0.25) is 0 Å². The maximum atomic E-state index is 13.1. The van der Waals surface area contributed by atoms with E-state index in [1.54, 1.807) is 54.9 Å². The lowest BCUT2D eigenvalue weighted by atomic mass is 10.1. The van der Waals surface area contributed by atoms with E-state index in [0.29, 0.717) is 34.0 Å². The lowest BCUT2D eigenvalue weighted by molar-refractivity contribution is 0.298. The number of sulfonamides is 1. The molecule has 0 fully saturated rings. The molecular weight excluding hydrogens is 406 g/mol. The molecule has 0 saturated carbocycles. The molecule has 0 unspecified atom stereocenters. The zero-order valence-corrected chi connectivity index (χ0v) is 16.9. The van der Waals surface area contributed by atoms with Gasteiger partial charge < -0.3 is 14.3 Å². The van der Waals surface area contributed by atoms with Crippen molar-refractivity contribution in [2.24, 2.45) is 0 Å². The summed E-state index contributed by atoms with van der Waals surface area (Å²) in [7, 11) is -2.45. The van der Waals surface area contributed by atoms with Gasteiger partial charge in [0.25, 0.3) is 10.0 Å². The SMILES string of the molecule is COc1ccc(S(=O)(=O)Nc2cccc3oc(-c4ccncc4)nc23)c(CCO)c1. The molecule has 2 aromatic carbocycles. The molecular formula is C21H19N3O5S. The van der Waals surface area contributed by atoms with E-state index in [0.717, 1.165) is 5.56 Å². The Balaban J connectivity index is 1.74. The zero-order valence-electron chi connectivity index (χ0n) is 16.1. The van der Waals surface area contributed by atoms with Gasteiger partial charge in [-0.05, 0) is 54.4 Å². The fourth-order valence-corrected chi connectivity index (χ4v) is 4.43. The summed E-state index contributed by atoms with van der Waals surface area (Å²) in [6, 6.07) is 13.2. The monoisotopic (exact) mass is 425 g/mol. The molecule has 8 nitrogen and oxygen atoms in total. The molecule has 2 heterocycles. The van der Waals surface area contributed by atoms with Crippen molar-refractivity contribution in [3.05, 3.63) is 66.5 Å². The molecule has 0 aliphatic heterocycles. The van der Waals surface area contributed by atoms with Crippen molar-refractivity contribution in [2.75, 3.05) is 18.4 Å². The maximum absolute atomic E-state index is 13.1. The number of anilines is 1. The number of ether oxygens (including phenoxy) is 1. The number of nitrogens with zero attached hydrogens (tertiary/aromatic N) is 2. The van der Waals surface area contributed by atoms with E-state index >= 15 is 0 Å². The second-order valence-corrected chi connectivity index (χ2v) is 8.11. The van der Waals surface area contributed by atoms with Crippen molar-refractivity contribution < 1.29 is 22.7 Å². The van der Waals surface area contributed by atoms with E-state index in [1.807, 2.05) is 0 Å². The Bertz CT molecular complexity index is 1290. The predicted octanol–water partition coefficient (Wildman–Crippen LogP) is 3.23. The Hall–Kier alpha value is -3.43. The normalized spacial score (nSPS) is 11.5. The Kier molecular flexibility index (Phi) is 5.39. The van der Waals surface area contributed by atoms with Gasteiger partial charge in [0.05, 0.1) is 17.7 Å². The summed E-state index contributed by atoms with van der Waals surface area (Å²) in [5.74, 6) is 0.877. The molecule has 30 heavy (non-hydrogen) atoms. The van der Waals surface area contributed by atoms with Crippen molar-refractivity contribution in [3.63, 3.8) is 0 Å². The average Bonchev–Trinajstić information content (AvgIpc) is 3.20. The minimum absolute atomic E-state index is 0.0622. The van der Waals surface area contributed by atoms with E-state index in [-0.39, 0.29) is 17.9 Å². The molecule has 9 heteroatoms. The summed E-state index contributed by atoms with van der Waals surface area (Å²) in [4.78, 5) is 8.50. The number of nitrogens with one attached hydrogen (secondary N) is 1. The van der Waals surface area contributed by atoms with Gasteiger partial charge in [0.1, 0.15) is 11.3 Å². The summed E-state index contributed by atoms with van der Waals surface area (Å²) < 4.78 is 39.8. The smallest absolute Gasteiger partial charge is 0.262 e. The fraction of sp³-hybridized carbons (Fsp3) is 0.143. The molecule has 0 bridgehead atoms. The number of hydrogen-bond donors (Lipinski definition) is 2. The Morgan fingerprint density at radius 2 is 1.93 bits per heavy atom. The summed E-state index contributed by atoms with van der Waals surface area (Å²) in [5, 5.41) is 9.33. The molecule has 0 atom stereocenters. The van der Waals surface area contributed by atoms with E-state index in [4.69, 9.17) is 9.15 Å². The number of aliphatic hydroxyl groups excluding tert-OH is 1. The van der Waals surface area contributed by atoms with Crippen LogP contribution in [-0.2, 0) is 16.4 Å². The van der Waals surface area contributed by atoms with Gasteiger partial charge in [-0.25, -0.2) is 13.4 Å². The van der Waals surface area contributed by atoms with Crippen molar-refractivity contribution in [1.82, 2.24) is 9.97 Å². The van der Waals surface area contributed by atoms with Crippen LogP contribution in [-0.4, -0.2) is 37.2 Å². The maximum Gasteiger partial charge on any atom is 0.262 e. The molecule has 0 aliphatic carbocycles. The van der Waals surface area contributed by atoms with Crippen molar-refractivity contribution in [3.8, 4) is 17.2 Å². The van der Waals surface area contributed by atoms with Crippen molar-refractivity contribution >= 4 is 26.8 Å². The number of hydrogen-bond acceptors (Lipinski definition) is 7. The Morgan fingerprint density at radius 1 is 1.13 bits per heavy atom. The van der Waals surface area contributed by atoms with Gasteiger partial charge in [-0.15, -0.1) is 0 Å². The topological polar surface area (TPSA) is 115 Å². The number of para-hydroxylation sites is 1. The first-order valence-corrected chi connectivity index (χ1v) is 10.6. The molecule has 0 spiro atoms. The lowest BCUT2D eigenvalue weighted by Crippen LogP contribution is -2.16. The number of fused-ring (bicyclic) bond motifs is 1. The second-order valence-electron chi connectivity index (χ2n) is 6.46. The van der Waals surface area contributed by atoms with Gasteiger partial charge in [-0.1, -0.05) is 6.07 Å². The van der Waals surface area contributed by atoms with Gasteiger partial charge in [0, 0.05) is 24.6 Å². The fourth-order valence-electron chi connectivity index (χ4n) is 3.11. The van der Waals surface area contributed by atoms with Crippen LogP contribution >= 0.6 is 0 Å². The molecule has 0 aliphatic rings. The first kappa shape index (κ1) is 19.9. The summed E-state index contributed by atoms with van der Waals surface area (Å²) in [6.07, 6.45) is 3.42. The Morgan fingerprint density at radius 3 is 2.67 bits per heavy atom. The molecule has 4 aromatic rings. The number of benzene rings is 2. The van der Waals surface area contributed by atoms with Gasteiger partial charge in [0.15, 0.2) is 5.58 Å². The number of pyridine rings is 1. The first-order valence-electron chi connectivity index (χ1n) is 9.12. The minimum Gasteiger partial charge on any atom is -0.497 e. The largest absolute Gasteiger partial charge is 0.497 e. The number of rotatable bonds is 7. The van der Waals surface area contributed by atoms with E-state index in [1.165, 1.54) is 13.2 Å². The summed E-state index contributed by atoms with van der Waals surface area (Å²) >= 11 is 0. The average molecular weight is 425 g/mol. The molecule has 154 valence electrons. The third kappa shape index (κ3) is 3.85. The quantitative estimate of drug-likeness (QED) is 0.467. The number of oxazole rings is 1. The third-order valence-electron chi connectivity index (χ3n) is 4.53. The first-order chi connectivity index (χ1) is 14.5. The minimum atomic E-state index is -3.95. The highest BCUT2D eigenvalue weighted by atomic mass is 32.2. The zero-order chi connectivity index (χ0) is 21.1. The van der Waals surface area contributed by atoms with Crippen LogP contribution in [0.5, 0.6) is 5.75 Å². The molecule has 4 rings (SSSR count). The van der Waals surface area contributed by atoms with E-state index < -0.39 is 10.0 Å². The van der Waals surface area contributed by atoms with Crippen molar-refractivity contribution in [1.29, 1.82) is 0 Å². The van der Waals surface area contributed by atoms with Gasteiger partial charge in [-0.3, -0.25) is 9.71 Å². The van der Waals surface area contributed by atoms with Crippen LogP contribution < -0.4 is 9.46 Å². The molecule has 0 saturated heterocycles. The lowest BCUT2D eigenvalue weighted by Gasteiger charge is -2.13. The number of aromatic nitrogens is 2. The third-order valence-corrected chi connectivity index (χ3v) is 5.99. The van der Waals surface area contributed by atoms with Crippen LogP contribution in [0, 0.1) is 0 Å². The molecule has 0 radical (unpaired) electrons. The van der Waals surface area contributed by atoms with Gasteiger partial charge >= 0.3 is 0 Å². The van der Waals surface area contributed by atoms with Crippen LogP contribution in [0.4, 0.5) is 5.69 Å². The van der Waals surface area contributed by atoms with Gasteiger partial charge in [0.2, 0.25) is 5.89 Å². The highest BCUT2D eigenvalue weighted by Crippen LogP contribution is 2.31. The molecule has 0 amide bonds. The Labute approximate surface area is 173 Å². The standard InChI is InChI=1S/C21H19N3O5S/c1-28-16-5-6-19(15(13-16)9-12-25)30(26,27)24-17-3-2-4-18-20(17)23-21(29-18)14-7-10-22-11-8-14/h2-8,10-11,13,24-25H,9,12H2,1H3. The number of methoxy groups -OCH3 is 1. The van der Waals surface area contributed by atoms with Crippen LogP contribution in [0.25, 0.3) is 22.6 Å². The van der Waals surface area contributed by atoms with Crippen LogP contribution in [0.15, 0.2) is 70.2 Å². The van der Waals surface area contributed by atoms with Crippen LogP contribution in [0.1, 0.15) is 5.56 Å². The predicted molar refractivity (Wildman–Crippen MR) is 112 cm³/mol. The molecule has 2 aromatic heterocycles. The van der Waals surface area contributed by atoms with Gasteiger partial charge in [-0.2, -0.15) is 0 Å². The second kappa shape index (κ2) is 8.13. The highest BCUT2D eigenvalue weighted by molar-refractivity contribution is 7.92. The van der Waals surface area contributed by atoms with Crippen molar-refractivity contribution in [2.45, 2.75) is 11.3 Å². The summed E-state index contributed by atoms with van der Waals surface area (Å²) in [6.45, 7) is -0.191. The van der Waals surface area contributed by atoms with E-state index in [2.05, 4.69) is 14.7 Å². The van der Waals surface area contributed by atoms with E-state index in [9.17, 15) is 13.5 Å². The van der Waals surface area contributed by atoms with Crippen LogP contribution in [0.3, 0.4) is 0 Å². The number of aliphatic hydroxyl groups is 1. The summed E-state index contributed by atoms with van der Waals surface area (Å²) in [5.41, 5.74) is 2.32. The highest BCUT2D eigenvalue weighted by Gasteiger charge is 2.21.